The van der Waals surface area contributed by atoms with E-state index in [1.165, 1.54) is 12.1 Å². The van der Waals surface area contributed by atoms with E-state index in [-0.39, 0.29) is 6.04 Å². The maximum absolute atomic E-state index is 14.0. The lowest BCUT2D eigenvalue weighted by Gasteiger charge is -2.19. The molecule has 4 nitrogen and oxygen atoms in total. The van der Waals surface area contributed by atoms with Crippen LogP contribution in [0.2, 0.25) is 0 Å². The molecule has 1 aliphatic rings. The summed E-state index contributed by atoms with van der Waals surface area (Å²) in [5.74, 6) is 1.20. The number of rotatable bonds is 7. The minimum atomic E-state index is -0.552. The molecule has 3 rings (SSSR count). The Hall–Kier alpha value is -1.82. The average Bonchev–Trinajstić information content (AvgIpc) is 3.28. The molecule has 1 aliphatic carbocycles. The Balaban J connectivity index is 1.72. The molecule has 1 atom stereocenters. The van der Waals surface area contributed by atoms with Gasteiger partial charge in [-0.3, -0.25) is 4.68 Å². The van der Waals surface area contributed by atoms with Crippen LogP contribution in [0, 0.1) is 11.6 Å². The molecule has 1 fully saturated rings. The molecule has 6 heteroatoms. The Morgan fingerprint density at radius 1 is 1.35 bits per heavy atom. The zero-order valence-electron chi connectivity index (χ0n) is 13.5. The van der Waals surface area contributed by atoms with E-state index in [0.717, 1.165) is 43.4 Å². The van der Waals surface area contributed by atoms with Crippen LogP contribution in [0.5, 0.6) is 0 Å². The fraction of sp³-hybridized carbons (Fsp3) is 0.529. The van der Waals surface area contributed by atoms with Gasteiger partial charge < -0.3 is 5.32 Å². The van der Waals surface area contributed by atoms with Gasteiger partial charge >= 0.3 is 0 Å². The molecular weight excluding hydrogens is 298 g/mol. The van der Waals surface area contributed by atoms with Crippen molar-refractivity contribution in [2.24, 2.45) is 7.05 Å². The molecule has 2 aromatic rings. The van der Waals surface area contributed by atoms with Gasteiger partial charge in [-0.15, -0.1) is 0 Å². The Bertz CT molecular complexity index is 679. The van der Waals surface area contributed by atoms with Crippen molar-refractivity contribution in [1.29, 1.82) is 0 Å². The van der Waals surface area contributed by atoms with Gasteiger partial charge in [-0.25, -0.2) is 13.8 Å². The normalized spacial score (nSPS) is 15.8. The predicted molar refractivity (Wildman–Crippen MR) is 83.8 cm³/mol. The van der Waals surface area contributed by atoms with E-state index in [1.54, 1.807) is 4.68 Å². The highest BCUT2D eigenvalue weighted by atomic mass is 19.1. The predicted octanol–water partition coefficient (Wildman–Crippen LogP) is 3.60. The molecular formula is C17H22F2N4. The van der Waals surface area contributed by atoms with Crippen molar-refractivity contribution in [3.63, 3.8) is 0 Å². The third-order valence-electron chi connectivity index (χ3n) is 4.23. The lowest BCUT2D eigenvalue weighted by Crippen LogP contribution is -2.23. The smallest absolute Gasteiger partial charge is 0.154 e. The summed E-state index contributed by atoms with van der Waals surface area (Å²) in [6.07, 6.45) is 4.00. The second kappa shape index (κ2) is 6.74. The molecule has 0 bridgehead atoms. The molecule has 1 N–H and O–H groups in total. The summed E-state index contributed by atoms with van der Waals surface area (Å²) < 4.78 is 28.9. The van der Waals surface area contributed by atoms with Crippen molar-refractivity contribution >= 4 is 0 Å². The highest BCUT2D eigenvalue weighted by Crippen LogP contribution is 2.38. The molecule has 1 aromatic heterocycles. The third-order valence-corrected chi connectivity index (χ3v) is 4.23. The quantitative estimate of drug-likeness (QED) is 0.847. The highest BCUT2D eigenvalue weighted by Gasteiger charge is 2.28. The SMILES string of the molecule is CCCC(NCc1nc(C2CC2)nn1C)c1ccc(F)cc1F. The standard InChI is InChI=1S/C17H22F2N4/c1-3-4-15(13-8-7-12(18)9-14(13)19)20-10-16-21-17(11-5-6-11)22-23(16)2/h7-9,11,15,20H,3-6,10H2,1-2H3. The number of hydrogen-bond donors (Lipinski definition) is 1. The molecule has 0 amide bonds. The van der Waals surface area contributed by atoms with Crippen LogP contribution in [0.25, 0.3) is 0 Å². The summed E-state index contributed by atoms with van der Waals surface area (Å²) in [6.45, 7) is 2.56. The van der Waals surface area contributed by atoms with E-state index in [1.807, 2.05) is 14.0 Å². The van der Waals surface area contributed by atoms with E-state index in [2.05, 4.69) is 15.4 Å². The van der Waals surface area contributed by atoms with Crippen LogP contribution in [-0.4, -0.2) is 14.8 Å². The summed E-state index contributed by atoms with van der Waals surface area (Å²) >= 11 is 0. The summed E-state index contributed by atoms with van der Waals surface area (Å²) in [7, 11) is 1.88. The van der Waals surface area contributed by atoms with Crippen molar-refractivity contribution in [2.45, 2.75) is 51.1 Å². The van der Waals surface area contributed by atoms with Gasteiger partial charge in [0.25, 0.3) is 0 Å². The van der Waals surface area contributed by atoms with Crippen molar-refractivity contribution in [1.82, 2.24) is 20.1 Å². The van der Waals surface area contributed by atoms with Crippen molar-refractivity contribution in [3.8, 4) is 0 Å². The van der Waals surface area contributed by atoms with E-state index < -0.39 is 11.6 Å². The van der Waals surface area contributed by atoms with Gasteiger partial charge in [0.15, 0.2) is 5.82 Å². The Kier molecular flexibility index (Phi) is 4.71. The number of halogens is 2. The fourth-order valence-electron chi connectivity index (χ4n) is 2.76. The Morgan fingerprint density at radius 3 is 2.78 bits per heavy atom. The van der Waals surface area contributed by atoms with E-state index in [4.69, 9.17) is 0 Å². The van der Waals surface area contributed by atoms with E-state index in [9.17, 15) is 8.78 Å². The van der Waals surface area contributed by atoms with Gasteiger partial charge in [0.1, 0.15) is 17.5 Å². The summed E-state index contributed by atoms with van der Waals surface area (Å²) in [6, 6.07) is 3.59. The molecule has 23 heavy (non-hydrogen) atoms. The molecule has 0 radical (unpaired) electrons. The van der Waals surface area contributed by atoms with Crippen molar-refractivity contribution in [2.75, 3.05) is 0 Å². The largest absolute Gasteiger partial charge is 0.303 e. The molecule has 1 heterocycles. The number of hydrogen-bond acceptors (Lipinski definition) is 3. The van der Waals surface area contributed by atoms with Crippen molar-refractivity contribution < 1.29 is 8.78 Å². The van der Waals surface area contributed by atoms with Crippen LogP contribution in [0.4, 0.5) is 8.78 Å². The van der Waals surface area contributed by atoms with Gasteiger partial charge in [-0.05, 0) is 25.3 Å². The number of benzene rings is 1. The van der Waals surface area contributed by atoms with Gasteiger partial charge in [-0.1, -0.05) is 19.4 Å². The zero-order valence-corrected chi connectivity index (χ0v) is 13.5. The molecule has 0 aliphatic heterocycles. The second-order valence-electron chi connectivity index (χ2n) is 6.17. The summed E-state index contributed by atoms with van der Waals surface area (Å²) in [4.78, 5) is 4.57. The fourth-order valence-corrected chi connectivity index (χ4v) is 2.76. The molecule has 1 saturated carbocycles. The number of aromatic nitrogens is 3. The lowest BCUT2D eigenvalue weighted by molar-refractivity contribution is 0.453. The van der Waals surface area contributed by atoms with Gasteiger partial charge in [0, 0.05) is 30.6 Å². The first-order chi connectivity index (χ1) is 11.1. The summed E-state index contributed by atoms with van der Waals surface area (Å²) in [5, 5.41) is 7.78. The van der Waals surface area contributed by atoms with Crippen LogP contribution in [0.1, 0.15) is 61.8 Å². The second-order valence-corrected chi connectivity index (χ2v) is 6.17. The third kappa shape index (κ3) is 3.75. The molecule has 1 aromatic carbocycles. The van der Waals surface area contributed by atoms with Crippen LogP contribution in [-0.2, 0) is 13.6 Å². The lowest BCUT2D eigenvalue weighted by atomic mass is 10.0. The molecule has 124 valence electrons. The average molecular weight is 320 g/mol. The maximum Gasteiger partial charge on any atom is 0.154 e. The van der Waals surface area contributed by atoms with E-state index in [0.29, 0.717) is 18.0 Å². The monoisotopic (exact) mass is 320 g/mol. The molecule has 0 saturated heterocycles. The first kappa shape index (κ1) is 16.1. The minimum absolute atomic E-state index is 0.165. The minimum Gasteiger partial charge on any atom is -0.303 e. The maximum atomic E-state index is 14.0. The van der Waals surface area contributed by atoms with Crippen LogP contribution in [0.3, 0.4) is 0 Å². The number of nitrogens with zero attached hydrogens (tertiary/aromatic N) is 3. The molecule has 1 unspecified atom stereocenters. The van der Waals surface area contributed by atoms with Gasteiger partial charge in [0.05, 0.1) is 6.54 Å². The Labute approximate surface area is 134 Å². The first-order valence-corrected chi connectivity index (χ1v) is 8.16. The molecule has 0 spiro atoms. The van der Waals surface area contributed by atoms with Crippen LogP contribution in [0.15, 0.2) is 18.2 Å². The Morgan fingerprint density at radius 2 is 2.13 bits per heavy atom. The zero-order chi connectivity index (χ0) is 16.4. The topological polar surface area (TPSA) is 42.7 Å². The number of nitrogens with one attached hydrogen (secondary N) is 1. The number of aryl methyl sites for hydroxylation is 1. The van der Waals surface area contributed by atoms with Gasteiger partial charge in [-0.2, -0.15) is 5.10 Å². The first-order valence-electron chi connectivity index (χ1n) is 8.16. The summed E-state index contributed by atoms with van der Waals surface area (Å²) in [5.41, 5.74) is 0.498. The van der Waals surface area contributed by atoms with Crippen molar-refractivity contribution in [3.05, 3.63) is 47.0 Å². The van der Waals surface area contributed by atoms with E-state index >= 15 is 0 Å². The van der Waals surface area contributed by atoms with Crippen LogP contribution < -0.4 is 5.32 Å². The highest BCUT2D eigenvalue weighted by molar-refractivity contribution is 5.22. The van der Waals surface area contributed by atoms with Crippen LogP contribution >= 0.6 is 0 Å². The van der Waals surface area contributed by atoms with Gasteiger partial charge in [0.2, 0.25) is 0 Å².